The smallest absolute Gasteiger partial charge is 0.321 e. The Kier molecular flexibility index (Phi) is 6.61. The van der Waals surface area contributed by atoms with Crippen LogP contribution in [0.25, 0.3) is 0 Å². The van der Waals surface area contributed by atoms with Gasteiger partial charge in [-0.15, -0.1) is 0 Å². The molecule has 0 unspecified atom stereocenters. The molecule has 1 rings (SSSR count). The molecule has 2 amide bonds. The Hall–Kier alpha value is -1.99. The fourth-order valence-corrected chi connectivity index (χ4v) is 1.76. The Balaban J connectivity index is 2.85. The molecule has 0 aliphatic carbocycles. The molecule has 1 aromatic rings. The lowest BCUT2D eigenvalue weighted by Crippen LogP contribution is -2.34. The largest absolute Gasteiger partial charge is 0.395 e. The standard InChI is InChI=1S/C16H22N2O2/c1-4-18(5-2)16(20)17-15-10-9-13(3)14(12-15)8-6-7-11-19/h9-10,12,19H,4-5,7,11H2,1-3H3,(H,17,20). The zero-order valence-corrected chi connectivity index (χ0v) is 12.4. The minimum Gasteiger partial charge on any atom is -0.395 e. The number of rotatable bonds is 4. The van der Waals surface area contributed by atoms with Crippen molar-refractivity contribution < 1.29 is 9.90 Å². The zero-order chi connectivity index (χ0) is 15.0. The number of nitrogens with one attached hydrogen (secondary N) is 1. The summed E-state index contributed by atoms with van der Waals surface area (Å²) in [7, 11) is 0. The topological polar surface area (TPSA) is 52.6 Å². The molecule has 0 aromatic heterocycles. The van der Waals surface area contributed by atoms with Crippen molar-refractivity contribution in [3.8, 4) is 11.8 Å². The van der Waals surface area contributed by atoms with Gasteiger partial charge in [-0.1, -0.05) is 17.9 Å². The first-order valence-corrected chi connectivity index (χ1v) is 6.88. The third-order valence-electron chi connectivity index (χ3n) is 3.00. The monoisotopic (exact) mass is 274 g/mol. The minimum atomic E-state index is -0.104. The molecule has 0 heterocycles. The molecular weight excluding hydrogens is 252 g/mol. The van der Waals surface area contributed by atoms with Gasteiger partial charge in [-0.05, 0) is 38.5 Å². The van der Waals surface area contributed by atoms with Gasteiger partial charge >= 0.3 is 6.03 Å². The lowest BCUT2D eigenvalue weighted by atomic mass is 10.1. The average Bonchev–Trinajstić information content (AvgIpc) is 2.44. The summed E-state index contributed by atoms with van der Waals surface area (Å²) in [4.78, 5) is 13.7. The highest BCUT2D eigenvalue weighted by atomic mass is 16.2. The summed E-state index contributed by atoms with van der Waals surface area (Å²) in [5.74, 6) is 5.90. The maximum absolute atomic E-state index is 12.0. The minimum absolute atomic E-state index is 0.0600. The highest BCUT2D eigenvalue weighted by molar-refractivity contribution is 5.89. The van der Waals surface area contributed by atoms with Crippen LogP contribution >= 0.6 is 0 Å². The summed E-state index contributed by atoms with van der Waals surface area (Å²) in [5.41, 5.74) is 2.66. The highest BCUT2D eigenvalue weighted by Crippen LogP contribution is 2.15. The van der Waals surface area contributed by atoms with Gasteiger partial charge in [0.2, 0.25) is 0 Å². The summed E-state index contributed by atoms with van der Waals surface area (Å²) >= 11 is 0. The van der Waals surface area contributed by atoms with Crippen LogP contribution in [-0.2, 0) is 0 Å². The van der Waals surface area contributed by atoms with Crippen LogP contribution in [0.1, 0.15) is 31.4 Å². The van der Waals surface area contributed by atoms with Gasteiger partial charge in [0.25, 0.3) is 0 Å². The van der Waals surface area contributed by atoms with Crippen LogP contribution in [0.4, 0.5) is 10.5 Å². The van der Waals surface area contributed by atoms with E-state index < -0.39 is 0 Å². The first-order valence-electron chi connectivity index (χ1n) is 6.88. The number of aliphatic hydroxyl groups excluding tert-OH is 1. The number of urea groups is 1. The van der Waals surface area contributed by atoms with E-state index in [1.54, 1.807) is 4.90 Å². The van der Waals surface area contributed by atoms with Crippen LogP contribution in [0, 0.1) is 18.8 Å². The SMILES string of the molecule is CCN(CC)C(=O)Nc1ccc(C)c(C#CCCO)c1. The molecule has 0 saturated heterocycles. The highest BCUT2D eigenvalue weighted by Gasteiger charge is 2.09. The third kappa shape index (κ3) is 4.60. The number of aryl methyl sites for hydroxylation is 1. The second-order valence-corrected chi connectivity index (χ2v) is 4.41. The lowest BCUT2D eigenvalue weighted by molar-refractivity contribution is 0.217. The van der Waals surface area contributed by atoms with Crippen LogP contribution in [0.15, 0.2) is 18.2 Å². The van der Waals surface area contributed by atoms with Crippen molar-refractivity contribution in [1.29, 1.82) is 0 Å². The van der Waals surface area contributed by atoms with Crippen molar-refractivity contribution in [2.24, 2.45) is 0 Å². The fraction of sp³-hybridized carbons (Fsp3) is 0.438. The molecule has 0 radical (unpaired) electrons. The summed E-state index contributed by atoms with van der Waals surface area (Å²) in [5, 5.41) is 11.6. The number of hydrogen-bond acceptors (Lipinski definition) is 2. The van der Waals surface area contributed by atoms with Gasteiger partial charge < -0.3 is 15.3 Å². The Bertz CT molecular complexity index is 511. The number of carbonyl (C=O) groups excluding carboxylic acids is 1. The normalized spacial score (nSPS) is 9.60. The maximum atomic E-state index is 12.0. The van der Waals surface area contributed by atoms with Gasteiger partial charge in [-0.3, -0.25) is 0 Å². The molecule has 0 aliphatic rings. The molecule has 0 fully saturated rings. The Morgan fingerprint density at radius 1 is 1.35 bits per heavy atom. The number of nitrogens with zero attached hydrogens (tertiary/aromatic N) is 1. The molecule has 4 heteroatoms. The molecular formula is C16H22N2O2. The molecule has 0 spiro atoms. The van der Waals surface area contributed by atoms with Crippen molar-refractivity contribution in [2.75, 3.05) is 25.0 Å². The van der Waals surface area contributed by atoms with Crippen LogP contribution in [0.5, 0.6) is 0 Å². The molecule has 0 saturated carbocycles. The Labute approximate surface area is 120 Å². The van der Waals surface area contributed by atoms with Crippen LogP contribution in [0.3, 0.4) is 0 Å². The van der Waals surface area contributed by atoms with E-state index in [0.717, 1.165) is 16.8 Å². The molecule has 0 atom stereocenters. The summed E-state index contributed by atoms with van der Waals surface area (Å²) in [6.45, 7) is 7.28. The molecule has 108 valence electrons. The Morgan fingerprint density at radius 3 is 2.65 bits per heavy atom. The van der Waals surface area contributed by atoms with E-state index in [1.165, 1.54) is 0 Å². The van der Waals surface area contributed by atoms with Crippen molar-refractivity contribution in [3.05, 3.63) is 29.3 Å². The molecule has 0 bridgehead atoms. The van der Waals surface area contributed by atoms with E-state index in [-0.39, 0.29) is 12.6 Å². The van der Waals surface area contributed by atoms with Gasteiger partial charge in [0.1, 0.15) is 0 Å². The number of amides is 2. The van der Waals surface area contributed by atoms with E-state index in [1.807, 2.05) is 39.0 Å². The third-order valence-corrected chi connectivity index (χ3v) is 3.00. The van der Waals surface area contributed by atoms with E-state index in [2.05, 4.69) is 17.2 Å². The van der Waals surface area contributed by atoms with Crippen LogP contribution in [0.2, 0.25) is 0 Å². The van der Waals surface area contributed by atoms with E-state index in [4.69, 9.17) is 5.11 Å². The predicted octanol–water partition coefficient (Wildman–Crippen LogP) is 2.60. The van der Waals surface area contributed by atoms with Crippen molar-refractivity contribution in [3.63, 3.8) is 0 Å². The first kappa shape index (κ1) is 16.1. The zero-order valence-electron chi connectivity index (χ0n) is 12.4. The van der Waals surface area contributed by atoms with Crippen molar-refractivity contribution in [2.45, 2.75) is 27.2 Å². The number of carbonyl (C=O) groups is 1. The van der Waals surface area contributed by atoms with Crippen LogP contribution in [-0.4, -0.2) is 35.7 Å². The molecule has 2 N–H and O–H groups in total. The number of hydrogen-bond donors (Lipinski definition) is 2. The van der Waals surface area contributed by atoms with Gasteiger partial charge in [-0.2, -0.15) is 0 Å². The molecule has 1 aromatic carbocycles. The molecule has 20 heavy (non-hydrogen) atoms. The summed E-state index contributed by atoms with van der Waals surface area (Å²) < 4.78 is 0. The van der Waals surface area contributed by atoms with Gasteiger partial charge in [0.15, 0.2) is 0 Å². The number of anilines is 1. The Morgan fingerprint density at radius 2 is 2.05 bits per heavy atom. The second kappa shape index (κ2) is 8.23. The summed E-state index contributed by atoms with van der Waals surface area (Å²) in [6, 6.07) is 5.56. The van der Waals surface area contributed by atoms with Crippen LogP contribution < -0.4 is 5.32 Å². The van der Waals surface area contributed by atoms with E-state index in [9.17, 15) is 4.79 Å². The second-order valence-electron chi connectivity index (χ2n) is 4.41. The van der Waals surface area contributed by atoms with Gasteiger partial charge in [0, 0.05) is 30.8 Å². The van der Waals surface area contributed by atoms with Crippen molar-refractivity contribution in [1.82, 2.24) is 4.90 Å². The maximum Gasteiger partial charge on any atom is 0.321 e. The summed E-state index contributed by atoms with van der Waals surface area (Å²) in [6.07, 6.45) is 0.454. The number of benzene rings is 1. The average molecular weight is 274 g/mol. The lowest BCUT2D eigenvalue weighted by Gasteiger charge is -2.19. The van der Waals surface area contributed by atoms with E-state index in [0.29, 0.717) is 19.5 Å². The first-order chi connectivity index (χ1) is 9.62. The predicted molar refractivity (Wildman–Crippen MR) is 81.7 cm³/mol. The van der Waals surface area contributed by atoms with Gasteiger partial charge in [-0.25, -0.2) is 4.79 Å². The molecule has 4 nitrogen and oxygen atoms in total. The van der Waals surface area contributed by atoms with Crippen molar-refractivity contribution >= 4 is 11.7 Å². The van der Waals surface area contributed by atoms with E-state index >= 15 is 0 Å². The molecule has 0 aliphatic heterocycles. The van der Waals surface area contributed by atoms with Gasteiger partial charge in [0.05, 0.1) is 6.61 Å². The quantitative estimate of drug-likeness (QED) is 0.829. The number of aliphatic hydroxyl groups is 1. The fourth-order valence-electron chi connectivity index (χ4n) is 1.76.